The summed E-state index contributed by atoms with van der Waals surface area (Å²) < 4.78 is 0. The van der Waals surface area contributed by atoms with Crippen molar-refractivity contribution in [3.63, 3.8) is 0 Å². The molecule has 1 saturated carbocycles. The summed E-state index contributed by atoms with van der Waals surface area (Å²) >= 11 is 0. The number of carbonyl (C=O) groups is 1. The van der Waals surface area contributed by atoms with Gasteiger partial charge in [0.2, 0.25) is 0 Å². The molecule has 0 saturated heterocycles. The molecule has 1 aliphatic carbocycles. The van der Waals surface area contributed by atoms with E-state index in [1.54, 1.807) is 19.1 Å². The van der Waals surface area contributed by atoms with E-state index in [1.807, 2.05) is 6.07 Å². The van der Waals surface area contributed by atoms with E-state index in [4.69, 9.17) is 10.4 Å². The first-order chi connectivity index (χ1) is 8.10. The molecule has 2 N–H and O–H groups in total. The van der Waals surface area contributed by atoms with Crippen molar-refractivity contribution in [1.82, 2.24) is 4.98 Å². The average Bonchev–Trinajstić information content (AvgIpc) is 3.08. The lowest BCUT2D eigenvalue weighted by Gasteiger charge is -2.14. The van der Waals surface area contributed by atoms with Crippen LogP contribution in [-0.4, -0.2) is 22.1 Å². The fourth-order valence-corrected chi connectivity index (χ4v) is 1.78. The molecular weight excluding hydrogens is 218 g/mol. The number of nitrogens with zero attached hydrogens (tertiary/aromatic N) is 2. The predicted octanol–water partition coefficient (Wildman–Crippen LogP) is 1.54. The highest BCUT2D eigenvalue weighted by molar-refractivity contribution is 5.77. The molecule has 0 aliphatic heterocycles. The molecule has 1 aliphatic rings. The summed E-state index contributed by atoms with van der Waals surface area (Å²) in [7, 11) is 0. The smallest absolute Gasteiger partial charge is 0.326 e. The van der Waals surface area contributed by atoms with Gasteiger partial charge in [0.05, 0.1) is 11.6 Å². The summed E-state index contributed by atoms with van der Waals surface area (Å²) in [6, 6.07) is 4.67. The van der Waals surface area contributed by atoms with Crippen molar-refractivity contribution >= 4 is 11.8 Å². The zero-order valence-electron chi connectivity index (χ0n) is 9.47. The molecule has 0 aromatic carbocycles. The fourth-order valence-electron chi connectivity index (χ4n) is 1.78. The SMILES string of the molecule is Cc1cc(C#N)cc(NC(C(=O)O)C2CC2)n1. The lowest BCUT2D eigenvalue weighted by atomic mass is 10.2. The largest absolute Gasteiger partial charge is 0.480 e. The van der Waals surface area contributed by atoms with Crippen LogP contribution in [0.2, 0.25) is 0 Å². The molecule has 2 rings (SSSR count). The molecule has 5 nitrogen and oxygen atoms in total. The van der Waals surface area contributed by atoms with Gasteiger partial charge in [-0.25, -0.2) is 9.78 Å². The number of hydrogen-bond donors (Lipinski definition) is 2. The molecule has 1 aromatic heterocycles. The van der Waals surface area contributed by atoms with Gasteiger partial charge in [-0.3, -0.25) is 0 Å². The van der Waals surface area contributed by atoms with Crippen LogP contribution in [0.25, 0.3) is 0 Å². The van der Waals surface area contributed by atoms with Gasteiger partial charge >= 0.3 is 5.97 Å². The molecule has 0 bridgehead atoms. The van der Waals surface area contributed by atoms with Crippen LogP contribution in [0, 0.1) is 24.2 Å². The van der Waals surface area contributed by atoms with E-state index in [9.17, 15) is 4.79 Å². The number of aromatic nitrogens is 1. The lowest BCUT2D eigenvalue weighted by molar-refractivity contribution is -0.138. The zero-order valence-corrected chi connectivity index (χ0v) is 9.47. The van der Waals surface area contributed by atoms with Crippen molar-refractivity contribution < 1.29 is 9.90 Å². The molecule has 0 radical (unpaired) electrons. The Bertz CT molecular complexity index is 489. The molecule has 88 valence electrons. The van der Waals surface area contributed by atoms with Crippen molar-refractivity contribution in [2.45, 2.75) is 25.8 Å². The van der Waals surface area contributed by atoms with Crippen LogP contribution < -0.4 is 5.32 Å². The Morgan fingerprint density at radius 1 is 1.65 bits per heavy atom. The molecular formula is C12H13N3O2. The predicted molar refractivity (Wildman–Crippen MR) is 61.5 cm³/mol. The van der Waals surface area contributed by atoms with E-state index < -0.39 is 12.0 Å². The summed E-state index contributed by atoms with van der Waals surface area (Å²) in [4.78, 5) is 15.3. The number of anilines is 1. The Hall–Kier alpha value is -2.09. The van der Waals surface area contributed by atoms with Crippen LogP contribution in [0.1, 0.15) is 24.1 Å². The maximum Gasteiger partial charge on any atom is 0.326 e. The molecule has 1 unspecified atom stereocenters. The molecule has 5 heteroatoms. The zero-order chi connectivity index (χ0) is 12.4. The van der Waals surface area contributed by atoms with E-state index in [0.29, 0.717) is 17.1 Å². The van der Waals surface area contributed by atoms with E-state index in [2.05, 4.69) is 10.3 Å². The van der Waals surface area contributed by atoms with Crippen LogP contribution in [0.5, 0.6) is 0 Å². The minimum atomic E-state index is -0.866. The number of hydrogen-bond acceptors (Lipinski definition) is 4. The van der Waals surface area contributed by atoms with Crippen LogP contribution in [0.3, 0.4) is 0 Å². The number of pyridine rings is 1. The number of rotatable bonds is 4. The normalized spacial score (nSPS) is 16.0. The molecule has 1 fully saturated rings. The fraction of sp³-hybridized carbons (Fsp3) is 0.417. The van der Waals surface area contributed by atoms with Crippen LogP contribution in [0.4, 0.5) is 5.82 Å². The van der Waals surface area contributed by atoms with Crippen LogP contribution in [-0.2, 0) is 4.79 Å². The van der Waals surface area contributed by atoms with E-state index in [1.165, 1.54) is 0 Å². The van der Waals surface area contributed by atoms with Crippen LogP contribution in [0.15, 0.2) is 12.1 Å². The summed E-state index contributed by atoms with van der Waals surface area (Å²) in [5, 5.41) is 20.8. The Kier molecular flexibility index (Phi) is 2.96. The quantitative estimate of drug-likeness (QED) is 0.820. The summed E-state index contributed by atoms with van der Waals surface area (Å²) in [6.45, 7) is 1.78. The molecule has 17 heavy (non-hydrogen) atoms. The van der Waals surface area contributed by atoms with Crippen molar-refractivity contribution in [3.8, 4) is 6.07 Å². The second-order valence-electron chi connectivity index (χ2n) is 4.29. The molecule has 1 heterocycles. The van der Waals surface area contributed by atoms with Crippen LogP contribution >= 0.6 is 0 Å². The van der Waals surface area contributed by atoms with Gasteiger partial charge in [0.15, 0.2) is 0 Å². The highest BCUT2D eigenvalue weighted by atomic mass is 16.4. The van der Waals surface area contributed by atoms with Crippen molar-refractivity contribution in [2.75, 3.05) is 5.32 Å². The third-order valence-electron chi connectivity index (χ3n) is 2.75. The summed E-state index contributed by atoms with van der Waals surface area (Å²) in [6.07, 6.45) is 1.86. The number of aliphatic carboxylic acids is 1. The van der Waals surface area contributed by atoms with Gasteiger partial charge in [0.25, 0.3) is 0 Å². The monoisotopic (exact) mass is 231 g/mol. The molecule has 1 aromatic rings. The van der Waals surface area contributed by atoms with Gasteiger partial charge in [-0.05, 0) is 37.8 Å². The maximum atomic E-state index is 11.1. The van der Waals surface area contributed by atoms with Gasteiger partial charge in [0, 0.05) is 5.69 Å². The lowest BCUT2D eigenvalue weighted by Crippen LogP contribution is -2.31. The number of carboxylic acid groups (broad SMARTS) is 1. The van der Waals surface area contributed by atoms with Crippen molar-refractivity contribution in [2.24, 2.45) is 5.92 Å². The summed E-state index contributed by atoms with van der Waals surface area (Å²) in [5.74, 6) is -0.226. The second-order valence-corrected chi connectivity index (χ2v) is 4.29. The minimum Gasteiger partial charge on any atom is -0.480 e. The van der Waals surface area contributed by atoms with Gasteiger partial charge in [-0.2, -0.15) is 5.26 Å². The van der Waals surface area contributed by atoms with Gasteiger partial charge in [0.1, 0.15) is 11.9 Å². The van der Waals surface area contributed by atoms with E-state index >= 15 is 0 Å². The van der Waals surface area contributed by atoms with Crippen molar-refractivity contribution in [3.05, 3.63) is 23.4 Å². The van der Waals surface area contributed by atoms with Gasteiger partial charge in [-0.15, -0.1) is 0 Å². The standard InChI is InChI=1S/C12H13N3O2/c1-7-4-8(6-13)5-10(14-7)15-11(12(16)17)9-2-3-9/h4-5,9,11H,2-3H2,1H3,(H,14,15)(H,16,17). The molecule has 0 spiro atoms. The number of nitriles is 1. The van der Waals surface area contributed by atoms with Crippen molar-refractivity contribution in [1.29, 1.82) is 5.26 Å². The minimum absolute atomic E-state index is 0.181. The Morgan fingerprint density at radius 2 is 2.35 bits per heavy atom. The number of carboxylic acids is 1. The molecule has 0 amide bonds. The Balaban J connectivity index is 2.19. The highest BCUT2D eigenvalue weighted by Gasteiger charge is 2.36. The maximum absolute atomic E-state index is 11.1. The van der Waals surface area contributed by atoms with Gasteiger partial charge in [-0.1, -0.05) is 0 Å². The first kappa shape index (κ1) is 11.4. The Labute approximate surface area is 99.1 Å². The Morgan fingerprint density at radius 3 is 2.88 bits per heavy atom. The van der Waals surface area contributed by atoms with Gasteiger partial charge < -0.3 is 10.4 Å². The second kappa shape index (κ2) is 4.42. The third kappa shape index (κ3) is 2.72. The highest BCUT2D eigenvalue weighted by Crippen LogP contribution is 2.34. The molecule has 1 atom stereocenters. The van der Waals surface area contributed by atoms with E-state index in [-0.39, 0.29) is 5.92 Å². The third-order valence-corrected chi connectivity index (χ3v) is 2.75. The number of nitrogens with one attached hydrogen (secondary N) is 1. The average molecular weight is 231 g/mol. The first-order valence-corrected chi connectivity index (χ1v) is 5.48. The number of aryl methyl sites for hydroxylation is 1. The summed E-state index contributed by atoms with van der Waals surface area (Å²) in [5.41, 5.74) is 1.19. The topological polar surface area (TPSA) is 86.0 Å². The first-order valence-electron chi connectivity index (χ1n) is 5.48. The van der Waals surface area contributed by atoms with E-state index in [0.717, 1.165) is 12.8 Å².